The van der Waals surface area contributed by atoms with Crippen LogP contribution >= 0.6 is 0 Å². The smallest absolute Gasteiger partial charge is 0.262 e. The van der Waals surface area contributed by atoms with Gasteiger partial charge in [0.25, 0.3) is 5.91 Å². The van der Waals surface area contributed by atoms with Gasteiger partial charge >= 0.3 is 0 Å². The first-order chi connectivity index (χ1) is 12.6. The van der Waals surface area contributed by atoms with Gasteiger partial charge < -0.3 is 19.7 Å². The lowest BCUT2D eigenvalue weighted by molar-refractivity contribution is -0.118. The van der Waals surface area contributed by atoms with E-state index in [1.54, 1.807) is 30.2 Å². The van der Waals surface area contributed by atoms with Crippen LogP contribution in [0.4, 0.5) is 11.4 Å². The van der Waals surface area contributed by atoms with Crippen molar-refractivity contribution in [3.8, 4) is 11.5 Å². The molecular formula is C20H22N2O4. The minimum atomic E-state index is -0.264. The van der Waals surface area contributed by atoms with E-state index in [1.165, 1.54) is 0 Å². The number of nitrogens with zero attached hydrogens (tertiary/aromatic N) is 1. The van der Waals surface area contributed by atoms with Crippen LogP contribution in [0.5, 0.6) is 11.5 Å². The Morgan fingerprint density at radius 1 is 1.19 bits per heavy atom. The van der Waals surface area contributed by atoms with E-state index >= 15 is 0 Å². The van der Waals surface area contributed by atoms with E-state index in [0.29, 0.717) is 23.6 Å². The molecule has 1 heterocycles. The maximum absolute atomic E-state index is 12.1. The van der Waals surface area contributed by atoms with Crippen molar-refractivity contribution in [1.29, 1.82) is 0 Å². The van der Waals surface area contributed by atoms with Gasteiger partial charge in [0.1, 0.15) is 0 Å². The Labute approximate surface area is 152 Å². The highest BCUT2D eigenvalue weighted by molar-refractivity contribution is 5.97. The minimum absolute atomic E-state index is 0.119. The zero-order chi connectivity index (χ0) is 18.5. The van der Waals surface area contributed by atoms with Crippen molar-refractivity contribution in [1.82, 2.24) is 0 Å². The van der Waals surface area contributed by atoms with Crippen molar-refractivity contribution in [2.45, 2.75) is 19.8 Å². The number of amides is 2. The van der Waals surface area contributed by atoms with E-state index < -0.39 is 0 Å². The zero-order valence-corrected chi connectivity index (χ0v) is 15.0. The summed E-state index contributed by atoms with van der Waals surface area (Å²) in [6, 6.07) is 12.7. The van der Waals surface area contributed by atoms with Gasteiger partial charge in [-0.25, -0.2) is 0 Å². The third kappa shape index (κ3) is 3.96. The van der Waals surface area contributed by atoms with Crippen LogP contribution in [0.3, 0.4) is 0 Å². The van der Waals surface area contributed by atoms with Gasteiger partial charge in [-0.2, -0.15) is 0 Å². The quantitative estimate of drug-likeness (QED) is 0.865. The van der Waals surface area contributed by atoms with Gasteiger partial charge in [-0.3, -0.25) is 9.59 Å². The molecule has 2 aromatic carbocycles. The van der Waals surface area contributed by atoms with Crippen LogP contribution < -0.4 is 19.7 Å². The van der Waals surface area contributed by atoms with Crippen LogP contribution in [-0.4, -0.2) is 32.1 Å². The summed E-state index contributed by atoms with van der Waals surface area (Å²) >= 11 is 0. The van der Waals surface area contributed by atoms with Crippen LogP contribution in [0.15, 0.2) is 42.5 Å². The Bertz CT molecular complexity index is 819. The number of para-hydroxylation sites is 2. The lowest BCUT2D eigenvalue weighted by Crippen LogP contribution is -2.24. The van der Waals surface area contributed by atoms with Crippen LogP contribution in [-0.2, 0) is 9.59 Å². The number of hydrogen-bond donors (Lipinski definition) is 1. The number of anilines is 2. The van der Waals surface area contributed by atoms with Gasteiger partial charge in [-0.1, -0.05) is 12.1 Å². The van der Waals surface area contributed by atoms with Crippen molar-refractivity contribution in [2.75, 3.05) is 30.5 Å². The second-order valence-electron chi connectivity index (χ2n) is 6.14. The Hall–Kier alpha value is -3.02. The zero-order valence-electron chi connectivity index (χ0n) is 15.0. The third-order valence-corrected chi connectivity index (χ3v) is 4.27. The molecule has 0 spiro atoms. The summed E-state index contributed by atoms with van der Waals surface area (Å²) in [5, 5.41) is 2.81. The Morgan fingerprint density at radius 2 is 1.96 bits per heavy atom. The molecule has 6 nitrogen and oxygen atoms in total. The van der Waals surface area contributed by atoms with Crippen molar-refractivity contribution < 1.29 is 19.1 Å². The van der Waals surface area contributed by atoms with Crippen molar-refractivity contribution >= 4 is 23.2 Å². The first-order valence-corrected chi connectivity index (χ1v) is 8.55. The highest BCUT2D eigenvalue weighted by Crippen LogP contribution is 2.28. The van der Waals surface area contributed by atoms with Gasteiger partial charge in [0, 0.05) is 24.3 Å². The van der Waals surface area contributed by atoms with Crippen molar-refractivity contribution in [2.24, 2.45) is 0 Å². The molecule has 136 valence electrons. The Balaban J connectivity index is 1.61. The van der Waals surface area contributed by atoms with E-state index in [1.807, 2.05) is 31.2 Å². The predicted octanol–water partition coefficient (Wildman–Crippen LogP) is 3.15. The first-order valence-electron chi connectivity index (χ1n) is 8.55. The van der Waals surface area contributed by atoms with Gasteiger partial charge in [0.05, 0.1) is 7.11 Å². The normalized spacial score (nSPS) is 13.6. The molecular weight excluding hydrogens is 332 g/mol. The van der Waals surface area contributed by atoms with E-state index in [2.05, 4.69) is 5.32 Å². The summed E-state index contributed by atoms with van der Waals surface area (Å²) in [4.78, 5) is 25.8. The molecule has 26 heavy (non-hydrogen) atoms. The van der Waals surface area contributed by atoms with E-state index in [4.69, 9.17) is 9.47 Å². The SMILES string of the molecule is COc1ccccc1OCC(=O)Nc1ccc(N2CCCC2=O)c(C)c1. The van der Waals surface area contributed by atoms with Crippen molar-refractivity contribution in [3.63, 3.8) is 0 Å². The fourth-order valence-corrected chi connectivity index (χ4v) is 3.02. The van der Waals surface area contributed by atoms with E-state index in [0.717, 1.165) is 24.2 Å². The molecule has 0 unspecified atom stereocenters. The number of carbonyl (C=O) groups excluding carboxylic acids is 2. The lowest BCUT2D eigenvalue weighted by Gasteiger charge is -2.19. The topological polar surface area (TPSA) is 67.9 Å². The molecule has 2 aromatic rings. The Morgan fingerprint density at radius 3 is 2.62 bits per heavy atom. The van der Waals surface area contributed by atoms with E-state index in [9.17, 15) is 9.59 Å². The highest BCUT2D eigenvalue weighted by Gasteiger charge is 2.23. The van der Waals surface area contributed by atoms with Gasteiger partial charge in [-0.05, 0) is 49.2 Å². The molecule has 6 heteroatoms. The monoisotopic (exact) mass is 354 g/mol. The third-order valence-electron chi connectivity index (χ3n) is 4.27. The fraction of sp³-hybridized carbons (Fsp3) is 0.300. The molecule has 3 rings (SSSR count). The number of aryl methyl sites for hydroxylation is 1. The molecule has 0 aliphatic carbocycles. The summed E-state index contributed by atoms with van der Waals surface area (Å²) < 4.78 is 10.7. The molecule has 1 saturated heterocycles. The van der Waals surface area contributed by atoms with Crippen LogP contribution in [0.25, 0.3) is 0 Å². The van der Waals surface area contributed by atoms with Gasteiger partial charge in [0.2, 0.25) is 5.91 Å². The van der Waals surface area contributed by atoms with Crippen LogP contribution in [0.1, 0.15) is 18.4 Å². The van der Waals surface area contributed by atoms with Gasteiger partial charge in [0.15, 0.2) is 18.1 Å². The fourth-order valence-electron chi connectivity index (χ4n) is 3.02. The maximum Gasteiger partial charge on any atom is 0.262 e. The molecule has 0 radical (unpaired) electrons. The maximum atomic E-state index is 12.1. The number of ether oxygens (including phenoxy) is 2. The summed E-state index contributed by atoms with van der Waals surface area (Å²) in [6.07, 6.45) is 1.48. The van der Waals surface area contributed by atoms with E-state index in [-0.39, 0.29) is 18.4 Å². The molecule has 0 atom stereocenters. The van der Waals surface area contributed by atoms with Crippen molar-refractivity contribution in [3.05, 3.63) is 48.0 Å². The minimum Gasteiger partial charge on any atom is -0.493 e. The number of benzene rings is 2. The molecule has 1 fully saturated rings. The number of carbonyl (C=O) groups is 2. The largest absolute Gasteiger partial charge is 0.493 e. The molecule has 0 saturated carbocycles. The second-order valence-corrected chi connectivity index (χ2v) is 6.14. The molecule has 0 bridgehead atoms. The van der Waals surface area contributed by atoms with Crippen LogP contribution in [0, 0.1) is 6.92 Å². The predicted molar refractivity (Wildman–Crippen MR) is 99.9 cm³/mol. The summed E-state index contributed by atoms with van der Waals surface area (Å²) in [7, 11) is 1.55. The molecule has 1 aliphatic rings. The average Bonchev–Trinajstić information content (AvgIpc) is 3.06. The number of methoxy groups -OCH3 is 1. The second kappa shape index (κ2) is 7.91. The summed E-state index contributed by atoms with van der Waals surface area (Å²) in [5.41, 5.74) is 2.52. The average molecular weight is 354 g/mol. The first kappa shape index (κ1) is 17.8. The standard InChI is InChI=1S/C20H22N2O4/c1-14-12-15(9-10-16(14)22-11-5-8-20(22)24)21-19(23)13-26-18-7-4-3-6-17(18)25-2/h3-4,6-7,9-10,12H,5,8,11,13H2,1-2H3,(H,21,23). The molecule has 2 amide bonds. The lowest BCUT2D eigenvalue weighted by atomic mass is 10.1. The molecule has 1 aliphatic heterocycles. The molecule has 1 N–H and O–H groups in total. The summed E-state index contributed by atoms with van der Waals surface area (Å²) in [6.45, 7) is 2.56. The van der Waals surface area contributed by atoms with Crippen LogP contribution in [0.2, 0.25) is 0 Å². The van der Waals surface area contributed by atoms with Gasteiger partial charge in [-0.15, -0.1) is 0 Å². The Kier molecular flexibility index (Phi) is 5.41. The number of hydrogen-bond acceptors (Lipinski definition) is 4. The highest BCUT2D eigenvalue weighted by atomic mass is 16.5. The molecule has 0 aromatic heterocycles. The summed E-state index contributed by atoms with van der Waals surface area (Å²) in [5.74, 6) is 0.982. The number of nitrogens with one attached hydrogen (secondary N) is 1. The number of rotatable bonds is 6.